The lowest BCUT2D eigenvalue weighted by molar-refractivity contribution is -0.140. The predicted octanol–water partition coefficient (Wildman–Crippen LogP) is 0.993. The third-order valence-corrected chi connectivity index (χ3v) is 1.25. The van der Waals surface area contributed by atoms with Crippen molar-refractivity contribution in [3.05, 3.63) is 0 Å². The molecule has 0 radical (unpaired) electrons. The van der Waals surface area contributed by atoms with Crippen LogP contribution in [0.1, 0.15) is 20.3 Å². The largest absolute Gasteiger partial charge is 0.466 e. The second-order valence-electron chi connectivity index (χ2n) is 2.56. The Kier molecular flexibility index (Phi) is 9.03. The summed E-state index contributed by atoms with van der Waals surface area (Å²) in [6, 6.07) is 0. The Morgan fingerprint density at radius 2 is 1.69 bits per heavy atom. The molecule has 0 saturated carbocycles. The molecule has 0 aromatic carbocycles. The molecule has 0 bridgehead atoms. The van der Waals surface area contributed by atoms with E-state index in [0.717, 1.165) is 32.8 Å². The average molecular weight is 190 g/mol. The predicted molar refractivity (Wildman–Crippen MR) is 48.6 cm³/mol. The highest BCUT2D eigenvalue weighted by molar-refractivity contribution is 5.65. The van der Waals surface area contributed by atoms with E-state index in [1.54, 1.807) is 0 Å². The van der Waals surface area contributed by atoms with Crippen LogP contribution in [0.2, 0.25) is 0 Å². The number of esters is 1. The van der Waals surface area contributed by atoms with E-state index in [1.165, 1.54) is 6.92 Å². The van der Waals surface area contributed by atoms with Gasteiger partial charge in [-0.1, -0.05) is 6.92 Å². The van der Waals surface area contributed by atoms with Gasteiger partial charge in [-0.15, -0.1) is 0 Å². The fourth-order valence-electron chi connectivity index (χ4n) is 0.686. The average Bonchev–Trinajstić information content (AvgIpc) is 2.18. The van der Waals surface area contributed by atoms with Crippen LogP contribution in [0.5, 0.6) is 0 Å². The molecule has 1 heterocycles. The quantitative estimate of drug-likeness (QED) is 0.609. The normalized spacial score (nSPS) is 15.5. The van der Waals surface area contributed by atoms with Crippen molar-refractivity contribution in [3.63, 3.8) is 0 Å². The summed E-state index contributed by atoms with van der Waals surface area (Å²) in [5.74, 6) is -0.193. The molecule has 0 atom stereocenters. The maximum Gasteiger partial charge on any atom is 0.302 e. The molecule has 1 rings (SSSR count). The number of carbonyl (C=O) groups is 1. The van der Waals surface area contributed by atoms with Gasteiger partial charge in [-0.05, 0) is 6.42 Å². The van der Waals surface area contributed by atoms with E-state index in [0.29, 0.717) is 6.61 Å². The molecule has 0 N–H and O–H groups in total. The monoisotopic (exact) mass is 190 g/mol. The molecular formula is C9H18O4. The molecule has 0 unspecified atom stereocenters. The van der Waals surface area contributed by atoms with E-state index in [2.05, 4.69) is 4.74 Å². The van der Waals surface area contributed by atoms with E-state index < -0.39 is 0 Å². The summed E-state index contributed by atoms with van der Waals surface area (Å²) in [4.78, 5) is 9.98. The molecule has 0 aromatic rings. The molecule has 0 aliphatic carbocycles. The summed E-state index contributed by atoms with van der Waals surface area (Å²) in [7, 11) is 0. The fraction of sp³-hybridized carbons (Fsp3) is 0.889. The van der Waals surface area contributed by atoms with Crippen LogP contribution < -0.4 is 0 Å². The SMILES string of the molecule is C1COCCO1.CCCOC(C)=O. The maximum atomic E-state index is 9.98. The second-order valence-corrected chi connectivity index (χ2v) is 2.56. The van der Waals surface area contributed by atoms with Gasteiger partial charge in [-0.3, -0.25) is 4.79 Å². The van der Waals surface area contributed by atoms with Crippen molar-refractivity contribution in [3.8, 4) is 0 Å². The van der Waals surface area contributed by atoms with Crippen LogP contribution in [0.25, 0.3) is 0 Å². The number of hydrogen-bond donors (Lipinski definition) is 0. The van der Waals surface area contributed by atoms with E-state index in [1.807, 2.05) is 6.92 Å². The third-order valence-electron chi connectivity index (χ3n) is 1.25. The van der Waals surface area contributed by atoms with Gasteiger partial charge in [0.1, 0.15) is 0 Å². The molecular weight excluding hydrogens is 172 g/mol. The van der Waals surface area contributed by atoms with Crippen molar-refractivity contribution in [2.24, 2.45) is 0 Å². The Bertz CT molecular complexity index is 109. The zero-order valence-corrected chi connectivity index (χ0v) is 8.38. The van der Waals surface area contributed by atoms with Crippen molar-refractivity contribution in [1.29, 1.82) is 0 Å². The van der Waals surface area contributed by atoms with Crippen LogP contribution in [-0.4, -0.2) is 39.0 Å². The first-order chi connectivity index (χ1) is 6.27. The molecule has 4 heteroatoms. The van der Waals surface area contributed by atoms with Crippen LogP contribution in [0, 0.1) is 0 Å². The van der Waals surface area contributed by atoms with E-state index >= 15 is 0 Å². The van der Waals surface area contributed by atoms with E-state index in [4.69, 9.17) is 9.47 Å². The molecule has 0 aromatic heterocycles. The Balaban J connectivity index is 0.000000223. The van der Waals surface area contributed by atoms with Gasteiger partial charge in [0.25, 0.3) is 0 Å². The first-order valence-electron chi connectivity index (χ1n) is 4.56. The lowest BCUT2D eigenvalue weighted by Gasteiger charge is -2.09. The molecule has 78 valence electrons. The molecule has 0 amide bonds. The van der Waals surface area contributed by atoms with Crippen molar-refractivity contribution in [1.82, 2.24) is 0 Å². The van der Waals surface area contributed by atoms with E-state index in [9.17, 15) is 4.79 Å². The Labute approximate surface area is 79.2 Å². The summed E-state index contributed by atoms with van der Waals surface area (Å²) in [6.45, 7) is 7.04. The summed E-state index contributed by atoms with van der Waals surface area (Å²) in [6.07, 6.45) is 0.902. The maximum absolute atomic E-state index is 9.98. The van der Waals surface area contributed by atoms with Gasteiger partial charge in [0, 0.05) is 6.92 Å². The highest BCUT2D eigenvalue weighted by Gasteiger charge is 1.94. The lowest BCUT2D eigenvalue weighted by atomic mass is 10.5. The van der Waals surface area contributed by atoms with Crippen LogP contribution in [0.3, 0.4) is 0 Å². The Morgan fingerprint density at radius 3 is 1.85 bits per heavy atom. The van der Waals surface area contributed by atoms with Gasteiger partial charge >= 0.3 is 5.97 Å². The zero-order valence-electron chi connectivity index (χ0n) is 8.38. The first-order valence-corrected chi connectivity index (χ1v) is 4.56. The van der Waals surface area contributed by atoms with Crippen LogP contribution >= 0.6 is 0 Å². The number of carbonyl (C=O) groups excluding carboxylic acids is 1. The van der Waals surface area contributed by atoms with Crippen LogP contribution in [-0.2, 0) is 19.0 Å². The highest BCUT2D eigenvalue weighted by atomic mass is 16.6. The highest BCUT2D eigenvalue weighted by Crippen LogP contribution is 1.85. The van der Waals surface area contributed by atoms with Crippen molar-refractivity contribution in [2.75, 3.05) is 33.0 Å². The third kappa shape index (κ3) is 11.4. The topological polar surface area (TPSA) is 44.8 Å². The summed E-state index contributed by atoms with van der Waals surface area (Å²) in [5.41, 5.74) is 0. The number of hydrogen-bond acceptors (Lipinski definition) is 4. The standard InChI is InChI=1S/C5H10O2.C4H8O2/c1-3-4-7-5(2)6;1-2-6-4-3-5-1/h3-4H2,1-2H3;1-4H2. The van der Waals surface area contributed by atoms with Gasteiger partial charge < -0.3 is 14.2 Å². The summed E-state index contributed by atoms with van der Waals surface area (Å²) < 4.78 is 14.4. The van der Waals surface area contributed by atoms with Crippen molar-refractivity contribution < 1.29 is 19.0 Å². The molecule has 1 aliphatic rings. The molecule has 1 fully saturated rings. The minimum absolute atomic E-state index is 0.193. The molecule has 13 heavy (non-hydrogen) atoms. The molecule has 1 aliphatic heterocycles. The Morgan fingerprint density at radius 1 is 1.23 bits per heavy atom. The molecule has 0 spiro atoms. The minimum atomic E-state index is -0.193. The first kappa shape index (κ1) is 12.4. The second kappa shape index (κ2) is 9.48. The van der Waals surface area contributed by atoms with Gasteiger partial charge in [-0.25, -0.2) is 0 Å². The summed E-state index contributed by atoms with van der Waals surface area (Å²) >= 11 is 0. The van der Waals surface area contributed by atoms with Crippen LogP contribution in [0.4, 0.5) is 0 Å². The molecule has 1 saturated heterocycles. The lowest BCUT2D eigenvalue weighted by Crippen LogP contribution is -2.16. The number of rotatable bonds is 2. The zero-order chi connectivity index (χ0) is 9.94. The van der Waals surface area contributed by atoms with E-state index in [-0.39, 0.29) is 5.97 Å². The van der Waals surface area contributed by atoms with Gasteiger partial charge in [0.05, 0.1) is 33.0 Å². The number of ether oxygens (including phenoxy) is 3. The van der Waals surface area contributed by atoms with Gasteiger partial charge in [0.15, 0.2) is 0 Å². The smallest absolute Gasteiger partial charge is 0.302 e. The van der Waals surface area contributed by atoms with Crippen molar-refractivity contribution >= 4 is 5.97 Å². The van der Waals surface area contributed by atoms with Gasteiger partial charge in [-0.2, -0.15) is 0 Å². The van der Waals surface area contributed by atoms with Crippen molar-refractivity contribution in [2.45, 2.75) is 20.3 Å². The minimum Gasteiger partial charge on any atom is -0.466 e. The summed E-state index contributed by atoms with van der Waals surface area (Å²) in [5, 5.41) is 0. The fourth-order valence-corrected chi connectivity index (χ4v) is 0.686. The Hall–Kier alpha value is -0.610. The van der Waals surface area contributed by atoms with Crippen LogP contribution in [0.15, 0.2) is 0 Å². The van der Waals surface area contributed by atoms with Gasteiger partial charge in [0.2, 0.25) is 0 Å². The molecule has 4 nitrogen and oxygen atoms in total.